The lowest BCUT2D eigenvalue weighted by molar-refractivity contribution is -0.137. The van der Waals surface area contributed by atoms with Crippen LogP contribution in [-0.2, 0) is 30.5 Å². The second-order valence-corrected chi connectivity index (χ2v) is 5.33. The first-order valence-corrected chi connectivity index (χ1v) is 8.29. The fraction of sp³-hybridized carbons (Fsp3) is 0.333. The lowest BCUT2D eigenvalue weighted by Gasteiger charge is -2.14. The average molecular weight is 377 g/mol. The van der Waals surface area contributed by atoms with Crippen molar-refractivity contribution in [1.82, 2.24) is 10.6 Å². The molecular formula is C18H23N3O6. The van der Waals surface area contributed by atoms with Crippen molar-refractivity contribution < 1.29 is 28.7 Å². The van der Waals surface area contributed by atoms with E-state index >= 15 is 0 Å². The Balaban J connectivity index is 2.35. The number of amides is 3. The molecule has 146 valence electrons. The third-order valence-electron chi connectivity index (χ3n) is 3.20. The molecule has 0 heterocycles. The minimum atomic E-state index is -1.02. The molecule has 0 aliphatic carbocycles. The van der Waals surface area contributed by atoms with Crippen molar-refractivity contribution in [2.24, 2.45) is 5.73 Å². The quantitative estimate of drug-likeness (QED) is 0.398. The second kappa shape index (κ2) is 12.1. The topological polar surface area (TPSA) is 137 Å². The van der Waals surface area contributed by atoms with Crippen LogP contribution in [0.25, 0.3) is 0 Å². The molecular weight excluding hydrogens is 354 g/mol. The number of rotatable bonds is 10. The highest BCUT2D eigenvalue weighted by Crippen LogP contribution is 2.00. The van der Waals surface area contributed by atoms with Crippen LogP contribution < -0.4 is 16.4 Å². The Morgan fingerprint density at radius 1 is 1.15 bits per heavy atom. The molecule has 0 fully saturated rings. The molecule has 1 atom stereocenters. The van der Waals surface area contributed by atoms with Crippen LogP contribution in [0.5, 0.6) is 0 Å². The van der Waals surface area contributed by atoms with Gasteiger partial charge < -0.3 is 25.8 Å². The second-order valence-electron chi connectivity index (χ2n) is 5.33. The number of primary amides is 1. The predicted octanol–water partition coefficient (Wildman–Crippen LogP) is 0.392. The largest absolute Gasteiger partial charge is 0.463 e. The van der Waals surface area contributed by atoms with Gasteiger partial charge in [0.25, 0.3) is 0 Å². The number of carbonyl (C=O) groups excluding carboxylic acids is 4. The molecule has 4 N–H and O–H groups in total. The molecule has 1 aromatic carbocycles. The number of carbonyl (C=O) groups is 4. The summed E-state index contributed by atoms with van der Waals surface area (Å²) in [4.78, 5) is 46.0. The van der Waals surface area contributed by atoms with E-state index in [1.54, 1.807) is 19.1 Å². The van der Waals surface area contributed by atoms with Gasteiger partial charge >= 0.3 is 12.1 Å². The van der Waals surface area contributed by atoms with Crippen LogP contribution in [0, 0.1) is 0 Å². The Morgan fingerprint density at radius 3 is 2.48 bits per heavy atom. The smallest absolute Gasteiger partial charge is 0.407 e. The summed E-state index contributed by atoms with van der Waals surface area (Å²) in [5.41, 5.74) is 6.02. The molecule has 0 aliphatic rings. The number of hydrogen-bond donors (Lipinski definition) is 3. The first-order valence-electron chi connectivity index (χ1n) is 8.29. The standard InChI is InChI=1S/C18H23N3O6/c1-2-26-16(23)10-6-9-14(17(19)24)21-15(22)11-20-18(25)27-12-13-7-4-3-5-8-13/h3-8,10,14H,2,9,11-12H2,1H3,(H2,19,24)(H,20,25)(H,21,22)/b10-6+/t14-/m1/s1. The van der Waals surface area contributed by atoms with Crippen molar-refractivity contribution in [3.05, 3.63) is 48.0 Å². The molecule has 0 bridgehead atoms. The Labute approximate surface area is 156 Å². The average Bonchev–Trinajstić information content (AvgIpc) is 2.64. The van der Waals surface area contributed by atoms with E-state index in [1.165, 1.54) is 6.08 Å². The van der Waals surface area contributed by atoms with Gasteiger partial charge in [0.05, 0.1) is 6.61 Å². The summed E-state index contributed by atoms with van der Waals surface area (Å²) in [6.45, 7) is 1.57. The van der Waals surface area contributed by atoms with Gasteiger partial charge in [0.2, 0.25) is 11.8 Å². The summed E-state index contributed by atoms with van der Waals surface area (Å²) >= 11 is 0. The zero-order valence-corrected chi connectivity index (χ0v) is 15.0. The van der Waals surface area contributed by atoms with Crippen LogP contribution in [0.3, 0.4) is 0 Å². The molecule has 9 nitrogen and oxygen atoms in total. The summed E-state index contributed by atoms with van der Waals surface area (Å²) in [5, 5.41) is 4.63. The molecule has 0 saturated carbocycles. The number of alkyl carbamates (subject to hydrolysis) is 1. The lowest BCUT2D eigenvalue weighted by Crippen LogP contribution is -2.47. The van der Waals surface area contributed by atoms with Crippen molar-refractivity contribution in [3.8, 4) is 0 Å². The zero-order chi connectivity index (χ0) is 20.1. The first-order chi connectivity index (χ1) is 12.9. The van der Waals surface area contributed by atoms with Gasteiger partial charge in [-0.3, -0.25) is 9.59 Å². The monoisotopic (exact) mass is 377 g/mol. The highest BCUT2D eigenvalue weighted by Gasteiger charge is 2.17. The molecule has 0 aromatic heterocycles. The maximum atomic E-state index is 11.8. The van der Waals surface area contributed by atoms with Gasteiger partial charge in [0.1, 0.15) is 19.2 Å². The number of ether oxygens (including phenoxy) is 2. The first kappa shape index (κ1) is 21.7. The number of hydrogen-bond acceptors (Lipinski definition) is 6. The predicted molar refractivity (Wildman–Crippen MR) is 96.1 cm³/mol. The van der Waals surface area contributed by atoms with E-state index in [-0.39, 0.29) is 26.2 Å². The minimum Gasteiger partial charge on any atom is -0.463 e. The zero-order valence-electron chi connectivity index (χ0n) is 15.0. The van der Waals surface area contributed by atoms with E-state index in [9.17, 15) is 19.2 Å². The third kappa shape index (κ3) is 9.63. The molecule has 0 unspecified atom stereocenters. The summed E-state index contributed by atoms with van der Waals surface area (Å²) in [5.74, 6) is -1.96. The van der Waals surface area contributed by atoms with Crippen LogP contribution in [0.4, 0.5) is 4.79 Å². The molecule has 3 amide bonds. The molecule has 1 rings (SSSR count). The fourth-order valence-electron chi connectivity index (χ4n) is 1.91. The van der Waals surface area contributed by atoms with Crippen LogP contribution in [0.2, 0.25) is 0 Å². The Bertz CT molecular complexity index is 675. The Morgan fingerprint density at radius 2 is 1.85 bits per heavy atom. The summed E-state index contributed by atoms with van der Waals surface area (Å²) in [6.07, 6.45) is 1.75. The maximum Gasteiger partial charge on any atom is 0.407 e. The van der Waals surface area contributed by atoms with E-state index in [0.717, 1.165) is 11.6 Å². The Hall–Kier alpha value is -3.36. The van der Waals surface area contributed by atoms with Gasteiger partial charge in [-0.1, -0.05) is 36.4 Å². The van der Waals surface area contributed by atoms with Crippen molar-refractivity contribution >= 4 is 23.9 Å². The normalized spacial score (nSPS) is 11.4. The van der Waals surface area contributed by atoms with Gasteiger partial charge in [-0.2, -0.15) is 0 Å². The van der Waals surface area contributed by atoms with Crippen LogP contribution in [0.1, 0.15) is 18.9 Å². The molecule has 9 heteroatoms. The van der Waals surface area contributed by atoms with E-state index in [2.05, 4.69) is 10.6 Å². The highest BCUT2D eigenvalue weighted by atomic mass is 16.5. The molecule has 0 spiro atoms. The number of nitrogens with two attached hydrogens (primary N) is 1. The molecule has 0 radical (unpaired) electrons. The minimum absolute atomic E-state index is 0.0122. The van der Waals surface area contributed by atoms with E-state index in [0.29, 0.717) is 0 Å². The van der Waals surface area contributed by atoms with Gasteiger partial charge in [-0.05, 0) is 18.9 Å². The summed E-state index contributed by atoms with van der Waals surface area (Å²) in [7, 11) is 0. The molecule has 0 saturated heterocycles. The highest BCUT2D eigenvalue weighted by molar-refractivity contribution is 5.89. The van der Waals surface area contributed by atoms with Gasteiger partial charge in [-0.15, -0.1) is 0 Å². The van der Waals surface area contributed by atoms with Gasteiger partial charge in [-0.25, -0.2) is 9.59 Å². The summed E-state index contributed by atoms with van der Waals surface area (Å²) in [6, 6.07) is 8.02. The molecule has 0 aliphatic heterocycles. The number of esters is 1. The molecule has 1 aromatic rings. The third-order valence-corrected chi connectivity index (χ3v) is 3.20. The lowest BCUT2D eigenvalue weighted by atomic mass is 10.2. The number of nitrogens with one attached hydrogen (secondary N) is 2. The van der Waals surface area contributed by atoms with Crippen LogP contribution >= 0.6 is 0 Å². The van der Waals surface area contributed by atoms with Crippen LogP contribution in [0.15, 0.2) is 42.5 Å². The Kier molecular flexibility index (Phi) is 9.69. The van der Waals surface area contributed by atoms with E-state index in [1.807, 2.05) is 18.2 Å². The van der Waals surface area contributed by atoms with E-state index < -0.39 is 29.9 Å². The SMILES string of the molecule is CCOC(=O)/C=C/C[C@@H](NC(=O)CNC(=O)OCc1ccccc1)C(N)=O. The van der Waals surface area contributed by atoms with Crippen molar-refractivity contribution in [2.75, 3.05) is 13.2 Å². The molecule has 27 heavy (non-hydrogen) atoms. The fourth-order valence-corrected chi connectivity index (χ4v) is 1.91. The summed E-state index contributed by atoms with van der Waals surface area (Å²) < 4.78 is 9.66. The van der Waals surface area contributed by atoms with Gasteiger partial charge in [0.15, 0.2) is 0 Å². The van der Waals surface area contributed by atoms with Crippen LogP contribution in [-0.4, -0.2) is 43.1 Å². The number of benzene rings is 1. The van der Waals surface area contributed by atoms with Crippen molar-refractivity contribution in [3.63, 3.8) is 0 Å². The maximum absolute atomic E-state index is 11.8. The van der Waals surface area contributed by atoms with Crippen molar-refractivity contribution in [2.45, 2.75) is 26.0 Å². The van der Waals surface area contributed by atoms with Gasteiger partial charge in [0, 0.05) is 6.08 Å². The van der Waals surface area contributed by atoms with E-state index in [4.69, 9.17) is 15.2 Å². The van der Waals surface area contributed by atoms with Crippen molar-refractivity contribution in [1.29, 1.82) is 0 Å².